The molecule has 0 aliphatic carbocycles. The fourth-order valence-corrected chi connectivity index (χ4v) is 3.95. The first-order chi connectivity index (χ1) is 15.0. The van der Waals surface area contributed by atoms with Crippen LogP contribution in [0, 0.1) is 5.82 Å². The standard InChI is InChI=1S/C22H20BrFN4O3/c23-17-7-1-5-15(10-17)21(30)25-12-19(29)28-9-3-6-16(13-28)22-26-20(27-31-22)14-4-2-8-18(24)11-14/h1-2,4-5,7-8,10-11,16H,3,6,9,12-13H2,(H,25,30). The van der Waals surface area contributed by atoms with E-state index < -0.39 is 0 Å². The second kappa shape index (κ2) is 9.38. The van der Waals surface area contributed by atoms with Gasteiger partial charge in [-0.1, -0.05) is 39.3 Å². The SMILES string of the molecule is O=C(NCC(=O)N1CCCC(c2nc(-c3cccc(F)c3)no2)C1)c1cccc(Br)c1. The molecule has 1 atom stereocenters. The maximum Gasteiger partial charge on any atom is 0.251 e. The van der Waals surface area contributed by atoms with Crippen molar-refractivity contribution in [3.63, 3.8) is 0 Å². The molecule has 1 N–H and O–H groups in total. The van der Waals surface area contributed by atoms with Crippen LogP contribution in [0.5, 0.6) is 0 Å². The fraction of sp³-hybridized carbons (Fsp3) is 0.273. The third-order valence-corrected chi connectivity index (χ3v) is 5.63. The van der Waals surface area contributed by atoms with Crippen LogP contribution in [0.3, 0.4) is 0 Å². The normalized spacial score (nSPS) is 16.2. The van der Waals surface area contributed by atoms with Gasteiger partial charge in [-0.15, -0.1) is 0 Å². The van der Waals surface area contributed by atoms with Gasteiger partial charge >= 0.3 is 0 Å². The van der Waals surface area contributed by atoms with Crippen LogP contribution in [0.15, 0.2) is 57.5 Å². The van der Waals surface area contributed by atoms with Crippen LogP contribution < -0.4 is 5.32 Å². The highest BCUT2D eigenvalue weighted by Crippen LogP contribution is 2.27. The topological polar surface area (TPSA) is 88.3 Å². The van der Waals surface area contributed by atoms with Crippen molar-refractivity contribution in [2.75, 3.05) is 19.6 Å². The van der Waals surface area contributed by atoms with Crippen molar-refractivity contribution in [1.29, 1.82) is 0 Å². The summed E-state index contributed by atoms with van der Waals surface area (Å²) in [6.45, 7) is 0.944. The van der Waals surface area contributed by atoms with Gasteiger partial charge in [0.1, 0.15) is 5.82 Å². The number of hydrogen-bond donors (Lipinski definition) is 1. The van der Waals surface area contributed by atoms with Crippen LogP contribution in [0.2, 0.25) is 0 Å². The number of piperidine rings is 1. The predicted octanol–water partition coefficient (Wildman–Crippen LogP) is 3.77. The van der Waals surface area contributed by atoms with Crippen molar-refractivity contribution in [2.45, 2.75) is 18.8 Å². The summed E-state index contributed by atoms with van der Waals surface area (Å²) in [6, 6.07) is 13.0. The van der Waals surface area contributed by atoms with Crippen molar-refractivity contribution in [2.24, 2.45) is 0 Å². The lowest BCUT2D eigenvalue weighted by atomic mass is 9.98. The number of amides is 2. The molecule has 1 saturated heterocycles. The summed E-state index contributed by atoms with van der Waals surface area (Å²) in [7, 11) is 0. The van der Waals surface area contributed by atoms with Crippen LogP contribution in [0.4, 0.5) is 4.39 Å². The molecule has 0 bridgehead atoms. The number of benzene rings is 2. The Morgan fingerprint density at radius 1 is 1.23 bits per heavy atom. The zero-order valence-electron chi connectivity index (χ0n) is 16.6. The molecule has 160 valence electrons. The Bertz CT molecular complexity index is 1100. The van der Waals surface area contributed by atoms with Crippen LogP contribution >= 0.6 is 15.9 Å². The number of carbonyl (C=O) groups is 2. The predicted molar refractivity (Wildman–Crippen MR) is 115 cm³/mol. The second-order valence-corrected chi connectivity index (χ2v) is 8.25. The lowest BCUT2D eigenvalue weighted by Crippen LogP contribution is -2.44. The van der Waals surface area contributed by atoms with Gasteiger partial charge in [-0.3, -0.25) is 9.59 Å². The van der Waals surface area contributed by atoms with E-state index in [0.717, 1.165) is 17.3 Å². The third-order valence-electron chi connectivity index (χ3n) is 5.13. The second-order valence-electron chi connectivity index (χ2n) is 7.34. The molecule has 1 aliphatic heterocycles. The van der Waals surface area contributed by atoms with Gasteiger partial charge in [0.2, 0.25) is 17.6 Å². The highest BCUT2D eigenvalue weighted by atomic mass is 79.9. The summed E-state index contributed by atoms with van der Waals surface area (Å²) < 4.78 is 19.6. The molecule has 9 heteroatoms. The number of likely N-dealkylation sites (tertiary alicyclic amines) is 1. The van der Waals surface area contributed by atoms with Crippen molar-refractivity contribution in [3.8, 4) is 11.4 Å². The molecule has 1 aliphatic rings. The Morgan fingerprint density at radius 2 is 2.06 bits per heavy atom. The molecule has 2 amide bonds. The average molecular weight is 487 g/mol. The Labute approximate surface area is 186 Å². The smallest absolute Gasteiger partial charge is 0.251 e. The van der Waals surface area contributed by atoms with Gasteiger partial charge in [0.15, 0.2) is 0 Å². The maximum absolute atomic E-state index is 13.4. The van der Waals surface area contributed by atoms with Crippen molar-refractivity contribution in [1.82, 2.24) is 20.4 Å². The molecule has 0 saturated carbocycles. The molecule has 2 aromatic carbocycles. The third kappa shape index (κ3) is 5.16. The first-order valence-electron chi connectivity index (χ1n) is 9.90. The number of halogens is 2. The summed E-state index contributed by atoms with van der Waals surface area (Å²) in [5.74, 6) is -0.205. The molecule has 31 heavy (non-hydrogen) atoms. The van der Waals surface area contributed by atoms with Crippen LogP contribution in [0.25, 0.3) is 11.4 Å². The zero-order chi connectivity index (χ0) is 21.8. The van der Waals surface area contributed by atoms with E-state index >= 15 is 0 Å². The summed E-state index contributed by atoms with van der Waals surface area (Å²) in [5.41, 5.74) is 1.02. The highest BCUT2D eigenvalue weighted by Gasteiger charge is 2.29. The van der Waals surface area contributed by atoms with Gasteiger partial charge in [0, 0.05) is 28.7 Å². The van der Waals surface area contributed by atoms with Crippen molar-refractivity contribution in [3.05, 3.63) is 70.3 Å². The van der Waals surface area contributed by atoms with E-state index in [1.807, 2.05) is 6.07 Å². The molecule has 7 nitrogen and oxygen atoms in total. The Hall–Kier alpha value is -3.07. The minimum absolute atomic E-state index is 0.0869. The monoisotopic (exact) mass is 486 g/mol. The Kier molecular flexibility index (Phi) is 6.41. The summed E-state index contributed by atoms with van der Waals surface area (Å²) in [5, 5.41) is 6.63. The highest BCUT2D eigenvalue weighted by molar-refractivity contribution is 9.10. The summed E-state index contributed by atoms with van der Waals surface area (Å²) >= 11 is 3.33. The van der Waals surface area contributed by atoms with E-state index in [4.69, 9.17) is 4.52 Å². The van der Waals surface area contributed by atoms with Crippen LogP contribution in [-0.4, -0.2) is 46.5 Å². The van der Waals surface area contributed by atoms with E-state index in [1.165, 1.54) is 12.1 Å². The minimum Gasteiger partial charge on any atom is -0.343 e. The fourth-order valence-electron chi connectivity index (χ4n) is 3.55. The summed E-state index contributed by atoms with van der Waals surface area (Å²) in [4.78, 5) is 31.0. The van der Waals surface area contributed by atoms with Gasteiger partial charge < -0.3 is 14.7 Å². The van der Waals surface area contributed by atoms with Crippen molar-refractivity contribution < 1.29 is 18.5 Å². The molecule has 0 spiro atoms. The molecule has 1 fully saturated rings. The Morgan fingerprint density at radius 3 is 2.87 bits per heavy atom. The first kappa shape index (κ1) is 21.2. The van der Waals surface area contributed by atoms with Gasteiger partial charge in [-0.2, -0.15) is 4.98 Å². The number of nitrogens with one attached hydrogen (secondary N) is 1. The van der Waals surface area contributed by atoms with Gasteiger partial charge in [-0.05, 0) is 43.2 Å². The average Bonchev–Trinajstić information content (AvgIpc) is 3.28. The van der Waals surface area contributed by atoms with E-state index in [2.05, 4.69) is 31.4 Å². The molecule has 1 aromatic heterocycles. The molecular weight excluding hydrogens is 467 g/mol. The van der Waals surface area contributed by atoms with E-state index in [9.17, 15) is 14.0 Å². The molecule has 4 rings (SSSR count). The molecule has 2 heterocycles. The van der Waals surface area contributed by atoms with E-state index in [0.29, 0.717) is 35.9 Å². The van der Waals surface area contributed by atoms with Crippen molar-refractivity contribution >= 4 is 27.7 Å². The van der Waals surface area contributed by atoms with Crippen LogP contribution in [0.1, 0.15) is 35.0 Å². The number of hydrogen-bond acceptors (Lipinski definition) is 5. The molecule has 1 unspecified atom stereocenters. The molecule has 3 aromatic rings. The maximum atomic E-state index is 13.4. The number of carbonyl (C=O) groups excluding carboxylic acids is 2. The molecule has 0 radical (unpaired) electrons. The van der Waals surface area contributed by atoms with Gasteiger partial charge in [-0.25, -0.2) is 4.39 Å². The lowest BCUT2D eigenvalue weighted by Gasteiger charge is -2.31. The van der Waals surface area contributed by atoms with Gasteiger partial charge in [0.25, 0.3) is 5.91 Å². The lowest BCUT2D eigenvalue weighted by molar-refractivity contribution is -0.131. The van der Waals surface area contributed by atoms with E-state index in [-0.39, 0.29) is 30.1 Å². The quantitative estimate of drug-likeness (QED) is 0.592. The largest absolute Gasteiger partial charge is 0.343 e. The first-order valence-corrected chi connectivity index (χ1v) is 10.7. The molecular formula is C22H20BrFN4O3. The minimum atomic E-state index is -0.372. The number of aromatic nitrogens is 2. The number of nitrogens with zero attached hydrogens (tertiary/aromatic N) is 3. The van der Waals surface area contributed by atoms with Gasteiger partial charge in [0.05, 0.1) is 12.5 Å². The zero-order valence-corrected chi connectivity index (χ0v) is 18.1. The number of rotatable bonds is 5. The Balaban J connectivity index is 1.36. The van der Waals surface area contributed by atoms with E-state index in [1.54, 1.807) is 35.2 Å². The van der Waals surface area contributed by atoms with Crippen LogP contribution in [-0.2, 0) is 4.79 Å². The summed E-state index contributed by atoms with van der Waals surface area (Å²) in [6.07, 6.45) is 1.59.